The van der Waals surface area contributed by atoms with Crippen LogP contribution in [-0.4, -0.2) is 50.8 Å². The van der Waals surface area contributed by atoms with E-state index in [1.54, 1.807) is 7.11 Å². The molecule has 2 fully saturated rings. The quantitative estimate of drug-likeness (QED) is 0.668. The molecular weight excluding hydrogens is 176 g/mol. The third kappa shape index (κ3) is 1.95. The van der Waals surface area contributed by atoms with E-state index in [1.807, 2.05) is 0 Å². The molecule has 2 aliphatic heterocycles. The number of nitrogens with zero attached hydrogens (tertiary/aromatic N) is 1. The standard InChI is InChI=1S/C11H22N2O/c1-9-11-7-12-6-10(11)8-13(9)4-3-5-14-2/h9-12H,3-8H2,1-2H3. The van der Waals surface area contributed by atoms with Gasteiger partial charge >= 0.3 is 0 Å². The molecule has 0 amide bonds. The van der Waals surface area contributed by atoms with Crippen molar-refractivity contribution in [1.82, 2.24) is 10.2 Å². The van der Waals surface area contributed by atoms with Crippen molar-refractivity contribution in [2.45, 2.75) is 19.4 Å². The average molecular weight is 198 g/mol. The molecule has 3 heteroatoms. The summed E-state index contributed by atoms with van der Waals surface area (Å²) in [6, 6.07) is 0.770. The Labute approximate surface area is 86.8 Å². The van der Waals surface area contributed by atoms with Gasteiger partial charge in [-0.05, 0) is 38.3 Å². The zero-order valence-corrected chi connectivity index (χ0v) is 9.33. The lowest BCUT2D eigenvalue weighted by Gasteiger charge is -2.23. The highest BCUT2D eigenvalue weighted by molar-refractivity contribution is 4.96. The molecule has 2 aliphatic rings. The topological polar surface area (TPSA) is 24.5 Å². The Kier molecular flexibility index (Phi) is 3.42. The number of likely N-dealkylation sites (tertiary alicyclic amines) is 1. The van der Waals surface area contributed by atoms with Crippen molar-refractivity contribution in [3.63, 3.8) is 0 Å². The largest absolute Gasteiger partial charge is 0.385 e. The molecule has 0 radical (unpaired) electrons. The molecule has 0 aliphatic carbocycles. The molecule has 0 aromatic rings. The van der Waals surface area contributed by atoms with Gasteiger partial charge in [0.15, 0.2) is 0 Å². The molecule has 2 rings (SSSR count). The fourth-order valence-corrected chi connectivity index (χ4v) is 2.96. The van der Waals surface area contributed by atoms with Crippen LogP contribution in [0.25, 0.3) is 0 Å². The Morgan fingerprint density at radius 3 is 3.00 bits per heavy atom. The maximum absolute atomic E-state index is 5.09. The lowest BCUT2D eigenvalue weighted by molar-refractivity contribution is 0.164. The predicted molar refractivity (Wildman–Crippen MR) is 57.4 cm³/mol. The summed E-state index contributed by atoms with van der Waals surface area (Å²) in [7, 11) is 1.78. The number of fused-ring (bicyclic) bond motifs is 1. The number of methoxy groups -OCH3 is 1. The summed E-state index contributed by atoms with van der Waals surface area (Å²) < 4.78 is 5.09. The van der Waals surface area contributed by atoms with Crippen molar-refractivity contribution in [3.8, 4) is 0 Å². The van der Waals surface area contributed by atoms with E-state index in [-0.39, 0.29) is 0 Å². The van der Waals surface area contributed by atoms with Gasteiger partial charge in [-0.15, -0.1) is 0 Å². The summed E-state index contributed by atoms with van der Waals surface area (Å²) in [5.74, 6) is 1.81. The van der Waals surface area contributed by atoms with Crippen LogP contribution in [0.1, 0.15) is 13.3 Å². The van der Waals surface area contributed by atoms with Gasteiger partial charge in [0.1, 0.15) is 0 Å². The van der Waals surface area contributed by atoms with Gasteiger partial charge in [-0.1, -0.05) is 0 Å². The second-order valence-corrected chi connectivity index (χ2v) is 4.66. The Bertz CT molecular complexity index is 186. The Balaban J connectivity index is 1.78. The molecule has 3 unspecified atom stereocenters. The van der Waals surface area contributed by atoms with Crippen LogP contribution in [-0.2, 0) is 4.74 Å². The number of rotatable bonds is 4. The molecule has 1 N–H and O–H groups in total. The third-order valence-electron chi connectivity index (χ3n) is 3.85. The molecule has 3 nitrogen and oxygen atoms in total. The number of hydrogen-bond acceptors (Lipinski definition) is 3. The van der Waals surface area contributed by atoms with Crippen LogP contribution in [0.5, 0.6) is 0 Å². The molecule has 0 bridgehead atoms. The summed E-state index contributed by atoms with van der Waals surface area (Å²) in [5, 5.41) is 3.49. The summed E-state index contributed by atoms with van der Waals surface area (Å²) in [6.07, 6.45) is 1.17. The van der Waals surface area contributed by atoms with Crippen LogP contribution in [0.2, 0.25) is 0 Å². The molecule has 82 valence electrons. The van der Waals surface area contributed by atoms with Gasteiger partial charge in [0, 0.05) is 32.8 Å². The maximum Gasteiger partial charge on any atom is 0.0474 e. The van der Waals surface area contributed by atoms with Gasteiger partial charge in [-0.3, -0.25) is 4.90 Å². The van der Waals surface area contributed by atoms with Gasteiger partial charge < -0.3 is 10.1 Å². The van der Waals surface area contributed by atoms with Gasteiger partial charge in [0.05, 0.1) is 0 Å². The molecule has 0 saturated carbocycles. The van der Waals surface area contributed by atoms with E-state index in [0.717, 1.165) is 24.5 Å². The van der Waals surface area contributed by atoms with E-state index in [9.17, 15) is 0 Å². The van der Waals surface area contributed by atoms with E-state index < -0.39 is 0 Å². The van der Waals surface area contributed by atoms with Crippen LogP contribution in [0, 0.1) is 11.8 Å². The molecular formula is C11H22N2O. The Morgan fingerprint density at radius 1 is 1.43 bits per heavy atom. The second-order valence-electron chi connectivity index (χ2n) is 4.66. The van der Waals surface area contributed by atoms with Crippen LogP contribution in [0.3, 0.4) is 0 Å². The molecule has 0 aromatic carbocycles. The number of ether oxygens (including phenoxy) is 1. The van der Waals surface area contributed by atoms with Crippen LogP contribution < -0.4 is 5.32 Å². The summed E-state index contributed by atoms with van der Waals surface area (Å²) >= 11 is 0. The minimum absolute atomic E-state index is 0.770. The first kappa shape index (κ1) is 10.4. The molecule has 0 aromatic heterocycles. The van der Waals surface area contributed by atoms with Crippen molar-refractivity contribution in [3.05, 3.63) is 0 Å². The zero-order chi connectivity index (χ0) is 9.97. The fourth-order valence-electron chi connectivity index (χ4n) is 2.96. The first-order valence-electron chi connectivity index (χ1n) is 5.76. The van der Waals surface area contributed by atoms with Crippen LogP contribution in [0.4, 0.5) is 0 Å². The normalized spacial score (nSPS) is 37.7. The van der Waals surface area contributed by atoms with E-state index in [2.05, 4.69) is 17.1 Å². The SMILES string of the molecule is COCCCN1CC2CNCC2C1C. The zero-order valence-electron chi connectivity index (χ0n) is 9.33. The lowest BCUT2D eigenvalue weighted by atomic mass is 9.95. The van der Waals surface area contributed by atoms with Gasteiger partial charge in [0.25, 0.3) is 0 Å². The second kappa shape index (κ2) is 4.60. The predicted octanol–water partition coefficient (Wildman–Crippen LogP) is 0.563. The van der Waals surface area contributed by atoms with Crippen LogP contribution >= 0.6 is 0 Å². The first-order chi connectivity index (χ1) is 6.83. The highest BCUT2D eigenvalue weighted by Gasteiger charge is 2.41. The Morgan fingerprint density at radius 2 is 2.29 bits per heavy atom. The monoisotopic (exact) mass is 198 g/mol. The van der Waals surface area contributed by atoms with E-state index in [0.29, 0.717) is 0 Å². The maximum atomic E-state index is 5.09. The lowest BCUT2D eigenvalue weighted by Crippen LogP contribution is -2.34. The van der Waals surface area contributed by atoms with Crippen molar-refractivity contribution in [2.24, 2.45) is 11.8 Å². The third-order valence-corrected chi connectivity index (χ3v) is 3.85. The highest BCUT2D eigenvalue weighted by atomic mass is 16.5. The van der Waals surface area contributed by atoms with Gasteiger partial charge in [-0.2, -0.15) is 0 Å². The van der Waals surface area contributed by atoms with Gasteiger partial charge in [-0.25, -0.2) is 0 Å². The molecule has 0 spiro atoms. The summed E-state index contributed by atoms with van der Waals surface area (Å²) in [6.45, 7) is 8.24. The summed E-state index contributed by atoms with van der Waals surface area (Å²) in [5.41, 5.74) is 0. The molecule has 14 heavy (non-hydrogen) atoms. The van der Waals surface area contributed by atoms with E-state index in [1.165, 1.54) is 32.6 Å². The highest BCUT2D eigenvalue weighted by Crippen LogP contribution is 2.31. The number of nitrogens with one attached hydrogen (secondary N) is 1. The fraction of sp³-hybridized carbons (Fsp3) is 1.00. The molecule has 2 heterocycles. The van der Waals surface area contributed by atoms with Crippen molar-refractivity contribution < 1.29 is 4.74 Å². The van der Waals surface area contributed by atoms with E-state index in [4.69, 9.17) is 4.74 Å². The van der Waals surface area contributed by atoms with Gasteiger partial charge in [0.2, 0.25) is 0 Å². The minimum atomic E-state index is 0.770. The molecule has 3 atom stereocenters. The van der Waals surface area contributed by atoms with E-state index >= 15 is 0 Å². The first-order valence-corrected chi connectivity index (χ1v) is 5.76. The van der Waals surface area contributed by atoms with Crippen LogP contribution in [0.15, 0.2) is 0 Å². The van der Waals surface area contributed by atoms with Crippen molar-refractivity contribution in [1.29, 1.82) is 0 Å². The number of hydrogen-bond donors (Lipinski definition) is 1. The smallest absolute Gasteiger partial charge is 0.0474 e. The Hall–Kier alpha value is -0.120. The molecule has 2 saturated heterocycles. The summed E-state index contributed by atoms with van der Waals surface area (Å²) in [4.78, 5) is 2.63. The van der Waals surface area contributed by atoms with Crippen molar-refractivity contribution >= 4 is 0 Å². The average Bonchev–Trinajstić information content (AvgIpc) is 2.72. The minimum Gasteiger partial charge on any atom is -0.385 e. The van der Waals surface area contributed by atoms with Crippen molar-refractivity contribution in [2.75, 3.05) is 39.9 Å².